The van der Waals surface area contributed by atoms with Gasteiger partial charge in [0.05, 0.1) is 24.9 Å². The highest BCUT2D eigenvalue weighted by Gasteiger charge is 2.21. The molecule has 2 atom stereocenters. The smallest absolute Gasteiger partial charge is 0.137 e. The lowest BCUT2D eigenvalue weighted by Crippen LogP contribution is -2.26. The Balaban J connectivity index is 1.65. The van der Waals surface area contributed by atoms with Crippen molar-refractivity contribution in [2.75, 3.05) is 13.2 Å². The summed E-state index contributed by atoms with van der Waals surface area (Å²) < 4.78 is 11.6. The number of para-hydroxylation sites is 1. The monoisotopic (exact) mass is 273 g/mol. The quantitative estimate of drug-likeness (QED) is 0.738. The highest BCUT2D eigenvalue weighted by Crippen LogP contribution is 2.26. The van der Waals surface area contributed by atoms with E-state index < -0.39 is 0 Å². The zero-order valence-corrected chi connectivity index (χ0v) is 12.2. The van der Waals surface area contributed by atoms with Gasteiger partial charge in [0.2, 0.25) is 0 Å². The summed E-state index contributed by atoms with van der Waals surface area (Å²) >= 11 is 0. The summed E-state index contributed by atoms with van der Waals surface area (Å²) in [4.78, 5) is 0. The molecule has 0 radical (unpaired) electrons. The average Bonchev–Trinajstić information content (AvgIpc) is 2.49. The third-order valence-electron chi connectivity index (χ3n) is 3.92. The van der Waals surface area contributed by atoms with Gasteiger partial charge in [-0.05, 0) is 30.9 Å². The Bertz CT molecular complexity index is 453. The van der Waals surface area contributed by atoms with Gasteiger partial charge in [-0.15, -0.1) is 0 Å². The molecule has 0 bridgehead atoms. The number of rotatable bonds is 6. The molecule has 108 valence electrons. The second-order valence-corrected chi connectivity index (χ2v) is 5.48. The van der Waals surface area contributed by atoms with Crippen LogP contribution in [0, 0.1) is 17.2 Å². The third kappa shape index (κ3) is 4.25. The van der Waals surface area contributed by atoms with Crippen molar-refractivity contribution in [2.24, 2.45) is 5.92 Å². The van der Waals surface area contributed by atoms with E-state index in [-0.39, 0.29) is 0 Å². The minimum Gasteiger partial charge on any atom is -0.492 e. The molecule has 0 aromatic heterocycles. The molecular weight excluding hydrogens is 250 g/mol. The fourth-order valence-electron chi connectivity index (χ4n) is 2.69. The molecule has 0 spiro atoms. The zero-order valence-electron chi connectivity index (χ0n) is 12.2. The summed E-state index contributed by atoms with van der Waals surface area (Å²) in [6.45, 7) is 3.62. The Kier molecular flexibility index (Phi) is 5.88. The van der Waals surface area contributed by atoms with Crippen LogP contribution in [0.25, 0.3) is 0 Å². The summed E-state index contributed by atoms with van der Waals surface area (Å²) in [5.41, 5.74) is 0.592. The summed E-state index contributed by atoms with van der Waals surface area (Å²) in [5, 5.41) is 8.97. The van der Waals surface area contributed by atoms with Crippen LogP contribution in [0.15, 0.2) is 24.3 Å². The largest absolute Gasteiger partial charge is 0.492 e. The van der Waals surface area contributed by atoms with Crippen LogP contribution in [0.5, 0.6) is 5.75 Å². The Morgan fingerprint density at radius 2 is 2.00 bits per heavy atom. The second-order valence-electron chi connectivity index (χ2n) is 5.48. The molecule has 2 rings (SSSR count). The number of benzene rings is 1. The van der Waals surface area contributed by atoms with Gasteiger partial charge in [0.15, 0.2) is 0 Å². The molecule has 2 unspecified atom stereocenters. The maximum absolute atomic E-state index is 8.97. The van der Waals surface area contributed by atoms with Crippen LogP contribution >= 0.6 is 0 Å². The standard InChI is InChI=1S/C17H23NO2/c1-14-7-2-4-9-16(14)19-11-6-12-20-17-10-5-3-8-15(17)13-18/h3,5,8,10,14,16H,2,4,6-7,9,11-12H2,1H3. The average molecular weight is 273 g/mol. The van der Waals surface area contributed by atoms with Gasteiger partial charge >= 0.3 is 0 Å². The maximum Gasteiger partial charge on any atom is 0.137 e. The molecule has 0 amide bonds. The highest BCUT2D eigenvalue weighted by atomic mass is 16.5. The summed E-state index contributed by atoms with van der Waals surface area (Å²) in [6, 6.07) is 9.48. The number of ether oxygens (including phenoxy) is 2. The summed E-state index contributed by atoms with van der Waals surface area (Å²) in [5.74, 6) is 1.35. The molecule has 1 aliphatic rings. The van der Waals surface area contributed by atoms with E-state index >= 15 is 0 Å². The van der Waals surface area contributed by atoms with Crippen molar-refractivity contribution in [1.82, 2.24) is 0 Å². The van der Waals surface area contributed by atoms with E-state index in [0.717, 1.165) is 13.0 Å². The third-order valence-corrected chi connectivity index (χ3v) is 3.92. The van der Waals surface area contributed by atoms with Crippen LogP contribution in [0.2, 0.25) is 0 Å². The topological polar surface area (TPSA) is 42.2 Å². The van der Waals surface area contributed by atoms with E-state index in [2.05, 4.69) is 13.0 Å². The molecule has 3 heteroatoms. The Labute approximate surface area is 121 Å². The van der Waals surface area contributed by atoms with Crippen LogP contribution in [-0.4, -0.2) is 19.3 Å². The predicted octanol–water partition coefficient (Wildman–Crippen LogP) is 3.92. The van der Waals surface area contributed by atoms with Crippen molar-refractivity contribution in [3.63, 3.8) is 0 Å². The molecule has 3 nitrogen and oxygen atoms in total. The van der Waals surface area contributed by atoms with Crippen molar-refractivity contribution in [3.8, 4) is 11.8 Å². The minimum atomic E-state index is 0.426. The number of nitrogens with zero attached hydrogens (tertiary/aromatic N) is 1. The predicted molar refractivity (Wildman–Crippen MR) is 78.6 cm³/mol. The molecule has 1 aromatic rings. The SMILES string of the molecule is CC1CCCCC1OCCCOc1ccccc1C#N. The molecule has 1 fully saturated rings. The Hall–Kier alpha value is -1.53. The van der Waals surface area contributed by atoms with Gasteiger partial charge in [-0.3, -0.25) is 0 Å². The molecule has 1 saturated carbocycles. The first kappa shape index (κ1) is 14.9. The number of hydrogen-bond acceptors (Lipinski definition) is 3. The first-order chi connectivity index (χ1) is 9.81. The number of hydrogen-bond donors (Lipinski definition) is 0. The van der Waals surface area contributed by atoms with Gasteiger partial charge in [0.25, 0.3) is 0 Å². The molecule has 1 aromatic carbocycles. The normalized spacial score (nSPS) is 22.2. The Morgan fingerprint density at radius 1 is 1.20 bits per heavy atom. The van der Waals surface area contributed by atoms with E-state index in [1.54, 1.807) is 6.07 Å². The van der Waals surface area contributed by atoms with Crippen molar-refractivity contribution >= 4 is 0 Å². The molecule has 0 aliphatic heterocycles. The van der Waals surface area contributed by atoms with Crippen LogP contribution in [-0.2, 0) is 4.74 Å². The van der Waals surface area contributed by atoms with Gasteiger partial charge in [-0.25, -0.2) is 0 Å². The van der Waals surface area contributed by atoms with Crippen molar-refractivity contribution in [1.29, 1.82) is 5.26 Å². The van der Waals surface area contributed by atoms with Crippen molar-refractivity contribution < 1.29 is 9.47 Å². The molecule has 0 heterocycles. The highest BCUT2D eigenvalue weighted by molar-refractivity contribution is 5.42. The van der Waals surface area contributed by atoms with Gasteiger partial charge in [-0.2, -0.15) is 5.26 Å². The maximum atomic E-state index is 8.97. The molecule has 0 N–H and O–H groups in total. The van der Waals surface area contributed by atoms with E-state index in [1.165, 1.54) is 25.7 Å². The van der Waals surface area contributed by atoms with E-state index in [4.69, 9.17) is 14.7 Å². The van der Waals surface area contributed by atoms with Gasteiger partial charge in [-0.1, -0.05) is 31.9 Å². The molecule has 20 heavy (non-hydrogen) atoms. The summed E-state index contributed by atoms with van der Waals surface area (Å²) in [7, 11) is 0. The van der Waals surface area contributed by atoms with Gasteiger partial charge in [0.1, 0.15) is 11.8 Å². The van der Waals surface area contributed by atoms with E-state index in [9.17, 15) is 0 Å². The van der Waals surface area contributed by atoms with E-state index in [0.29, 0.717) is 29.9 Å². The molecule has 1 aliphatic carbocycles. The zero-order chi connectivity index (χ0) is 14.2. The fourth-order valence-corrected chi connectivity index (χ4v) is 2.69. The van der Waals surface area contributed by atoms with Crippen molar-refractivity contribution in [2.45, 2.75) is 45.1 Å². The van der Waals surface area contributed by atoms with Crippen LogP contribution < -0.4 is 4.74 Å². The molecule has 0 saturated heterocycles. The van der Waals surface area contributed by atoms with Crippen LogP contribution in [0.1, 0.15) is 44.6 Å². The lowest BCUT2D eigenvalue weighted by molar-refractivity contribution is -0.00913. The van der Waals surface area contributed by atoms with Gasteiger partial charge in [0, 0.05) is 6.42 Å². The van der Waals surface area contributed by atoms with Crippen LogP contribution in [0.3, 0.4) is 0 Å². The van der Waals surface area contributed by atoms with Crippen molar-refractivity contribution in [3.05, 3.63) is 29.8 Å². The lowest BCUT2D eigenvalue weighted by atomic mass is 9.88. The fraction of sp³-hybridized carbons (Fsp3) is 0.588. The van der Waals surface area contributed by atoms with Crippen LogP contribution in [0.4, 0.5) is 0 Å². The number of nitriles is 1. The minimum absolute atomic E-state index is 0.426. The van der Waals surface area contributed by atoms with E-state index in [1.807, 2.05) is 18.2 Å². The lowest BCUT2D eigenvalue weighted by Gasteiger charge is -2.28. The summed E-state index contributed by atoms with van der Waals surface area (Å²) in [6.07, 6.45) is 6.41. The molecular formula is C17H23NO2. The first-order valence-corrected chi connectivity index (χ1v) is 7.55. The first-order valence-electron chi connectivity index (χ1n) is 7.55. The second kappa shape index (κ2) is 7.91. The van der Waals surface area contributed by atoms with Gasteiger partial charge < -0.3 is 9.47 Å². The Morgan fingerprint density at radius 3 is 2.80 bits per heavy atom.